The van der Waals surface area contributed by atoms with Crippen molar-refractivity contribution in [2.24, 2.45) is 0 Å². The van der Waals surface area contributed by atoms with Gasteiger partial charge >= 0.3 is 0 Å². The SMILES string of the molecule is Cc1cccc(NCc2cccs2)n1. The van der Waals surface area contributed by atoms with Gasteiger partial charge < -0.3 is 5.32 Å². The monoisotopic (exact) mass is 204 g/mol. The quantitative estimate of drug-likeness (QED) is 0.831. The van der Waals surface area contributed by atoms with E-state index in [4.69, 9.17) is 0 Å². The van der Waals surface area contributed by atoms with Gasteiger partial charge in [0, 0.05) is 10.6 Å². The number of rotatable bonds is 3. The highest BCUT2D eigenvalue weighted by Crippen LogP contribution is 2.11. The van der Waals surface area contributed by atoms with Crippen molar-refractivity contribution in [1.82, 2.24) is 4.98 Å². The molecular weight excluding hydrogens is 192 g/mol. The fraction of sp³-hybridized carbons (Fsp3) is 0.182. The van der Waals surface area contributed by atoms with Gasteiger partial charge in [0.25, 0.3) is 0 Å². The summed E-state index contributed by atoms with van der Waals surface area (Å²) >= 11 is 1.76. The molecule has 2 aromatic rings. The van der Waals surface area contributed by atoms with Gasteiger partial charge in [0.1, 0.15) is 5.82 Å². The number of pyridine rings is 1. The molecule has 1 N–H and O–H groups in total. The molecule has 0 spiro atoms. The molecule has 2 rings (SSSR count). The molecule has 2 heterocycles. The summed E-state index contributed by atoms with van der Waals surface area (Å²) in [6.45, 7) is 2.85. The Balaban J connectivity index is 1.98. The fourth-order valence-corrected chi connectivity index (χ4v) is 1.88. The molecule has 0 saturated heterocycles. The Hall–Kier alpha value is -1.35. The molecule has 0 aliphatic heterocycles. The standard InChI is InChI=1S/C11H12N2S/c1-9-4-2-6-11(13-9)12-8-10-5-3-7-14-10/h2-7H,8H2,1H3,(H,12,13). The molecule has 0 unspecified atom stereocenters. The summed E-state index contributed by atoms with van der Waals surface area (Å²) in [6, 6.07) is 10.2. The summed E-state index contributed by atoms with van der Waals surface area (Å²) < 4.78 is 0. The van der Waals surface area contributed by atoms with Crippen LogP contribution in [0.15, 0.2) is 35.7 Å². The predicted molar refractivity (Wildman–Crippen MR) is 60.6 cm³/mol. The van der Waals surface area contributed by atoms with Crippen LogP contribution in [0.1, 0.15) is 10.6 Å². The zero-order chi connectivity index (χ0) is 9.80. The number of thiophene rings is 1. The Morgan fingerprint density at radius 3 is 2.93 bits per heavy atom. The lowest BCUT2D eigenvalue weighted by Crippen LogP contribution is -1.99. The summed E-state index contributed by atoms with van der Waals surface area (Å²) in [4.78, 5) is 5.69. The molecule has 2 aromatic heterocycles. The van der Waals surface area contributed by atoms with Crippen LogP contribution in [0.2, 0.25) is 0 Å². The van der Waals surface area contributed by atoms with Gasteiger partial charge in [-0.05, 0) is 30.5 Å². The zero-order valence-corrected chi connectivity index (χ0v) is 8.84. The molecule has 0 aromatic carbocycles. The number of hydrogen-bond acceptors (Lipinski definition) is 3. The van der Waals surface area contributed by atoms with Crippen molar-refractivity contribution in [1.29, 1.82) is 0 Å². The molecule has 0 aliphatic carbocycles. The highest BCUT2D eigenvalue weighted by atomic mass is 32.1. The van der Waals surface area contributed by atoms with Crippen molar-refractivity contribution >= 4 is 17.2 Å². The third-order valence-corrected chi connectivity index (χ3v) is 2.79. The van der Waals surface area contributed by atoms with E-state index in [0.717, 1.165) is 18.1 Å². The summed E-state index contributed by atoms with van der Waals surface area (Å²) in [6.07, 6.45) is 0. The van der Waals surface area contributed by atoms with Gasteiger partial charge in [-0.15, -0.1) is 11.3 Å². The molecule has 0 saturated carbocycles. The molecule has 0 atom stereocenters. The highest BCUT2D eigenvalue weighted by molar-refractivity contribution is 7.09. The van der Waals surface area contributed by atoms with Crippen LogP contribution in [0, 0.1) is 6.92 Å². The molecule has 0 aliphatic rings. The average Bonchev–Trinajstić information content (AvgIpc) is 2.67. The number of nitrogens with one attached hydrogen (secondary N) is 1. The first-order valence-electron chi connectivity index (χ1n) is 4.54. The van der Waals surface area contributed by atoms with Crippen LogP contribution in [-0.4, -0.2) is 4.98 Å². The Kier molecular flexibility index (Phi) is 2.79. The number of aryl methyl sites for hydroxylation is 1. The van der Waals surface area contributed by atoms with Crippen molar-refractivity contribution in [3.05, 3.63) is 46.3 Å². The molecule has 0 bridgehead atoms. The van der Waals surface area contributed by atoms with E-state index in [1.165, 1.54) is 4.88 Å². The lowest BCUT2D eigenvalue weighted by Gasteiger charge is -2.03. The smallest absolute Gasteiger partial charge is 0.126 e. The van der Waals surface area contributed by atoms with Crippen molar-refractivity contribution in [3.63, 3.8) is 0 Å². The Morgan fingerprint density at radius 2 is 2.21 bits per heavy atom. The van der Waals surface area contributed by atoms with Crippen molar-refractivity contribution < 1.29 is 0 Å². The maximum atomic E-state index is 4.37. The molecule has 72 valence electrons. The molecule has 0 radical (unpaired) electrons. The summed E-state index contributed by atoms with van der Waals surface area (Å²) in [5.41, 5.74) is 1.04. The molecule has 0 amide bonds. The van der Waals surface area contributed by atoms with Gasteiger partial charge in [0.15, 0.2) is 0 Å². The number of hydrogen-bond donors (Lipinski definition) is 1. The second kappa shape index (κ2) is 4.24. The van der Waals surface area contributed by atoms with E-state index in [1.807, 2.05) is 25.1 Å². The zero-order valence-electron chi connectivity index (χ0n) is 8.03. The Labute approximate surface area is 87.6 Å². The van der Waals surface area contributed by atoms with Crippen molar-refractivity contribution in [3.8, 4) is 0 Å². The number of aromatic nitrogens is 1. The first-order valence-corrected chi connectivity index (χ1v) is 5.42. The lowest BCUT2D eigenvalue weighted by atomic mass is 10.3. The Morgan fingerprint density at radius 1 is 1.29 bits per heavy atom. The van der Waals surface area contributed by atoms with E-state index >= 15 is 0 Å². The van der Waals surface area contributed by atoms with E-state index in [9.17, 15) is 0 Å². The van der Waals surface area contributed by atoms with Crippen LogP contribution in [0.3, 0.4) is 0 Å². The van der Waals surface area contributed by atoms with Crippen LogP contribution >= 0.6 is 11.3 Å². The van der Waals surface area contributed by atoms with E-state index < -0.39 is 0 Å². The second-order valence-electron chi connectivity index (χ2n) is 3.10. The van der Waals surface area contributed by atoms with Gasteiger partial charge in [-0.3, -0.25) is 0 Å². The Bertz CT molecular complexity index is 395. The predicted octanol–water partition coefficient (Wildman–Crippen LogP) is 3.06. The minimum absolute atomic E-state index is 0.855. The van der Waals surface area contributed by atoms with Crippen molar-refractivity contribution in [2.45, 2.75) is 13.5 Å². The van der Waals surface area contributed by atoms with Crippen molar-refractivity contribution in [2.75, 3.05) is 5.32 Å². The van der Waals surface area contributed by atoms with Crippen LogP contribution in [-0.2, 0) is 6.54 Å². The van der Waals surface area contributed by atoms with E-state index in [0.29, 0.717) is 0 Å². The van der Waals surface area contributed by atoms with E-state index in [2.05, 4.69) is 27.8 Å². The van der Waals surface area contributed by atoms with Crippen LogP contribution in [0.25, 0.3) is 0 Å². The molecule has 3 heteroatoms. The normalized spacial score (nSPS) is 10.1. The largest absolute Gasteiger partial charge is 0.365 e. The molecule has 14 heavy (non-hydrogen) atoms. The summed E-state index contributed by atoms with van der Waals surface area (Å²) in [5.74, 6) is 0.943. The van der Waals surface area contributed by atoms with E-state index in [-0.39, 0.29) is 0 Å². The third-order valence-electron chi connectivity index (χ3n) is 1.91. The first kappa shape index (κ1) is 9.21. The maximum absolute atomic E-state index is 4.37. The topological polar surface area (TPSA) is 24.9 Å². The van der Waals surface area contributed by atoms with Gasteiger partial charge in [-0.1, -0.05) is 12.1 Å². The van der Waals surface area contributed by atoms with E-state index in [1.54, 1.807) is 11.3 Å². The van der Waals surface area contributed by atoms with Gasteiger partial charge in [-0.25, -0.2) is 4.98 Å². The van der Waals surface area contributed by atoms with Crippen LogP contribution in [0.4, 0.5) is 5.82 Å². The molecule has 2 nitrogen and oxygen atoms in total. The second-order valence-corrected chi connectivity index (χ2v) is 4.13. The fourth-order valence-electron chi connectivity index (χ4n) is 1.23. The van der Waals surface area contributed by atoms with Gasteiger partial charge in [0.2, 0.25) is 0 Å². The number of nitrogens with zero attached hydrogens (tertiary/aromatic N) is 1. The number of anilines is 1. The average molecular weight is 204 g/mol. The lowest BCUT2D eigenvalue weighted by molar-refractivity contribution is 1.11. The maximum Gasteiger partial charge on any atom is 0.126 e. The molecule has 0 fully saturated rings. The van der Waals surface area contributed by atoms with Crippen LogP contribution in [0.5, 0.6) is 0 Å². The van der Waals surface area contributed by atoms with Gasteiger partial charge in [0.05, 0.1) is 6.54 Å². The minimum atomic E-state index is 0.855. The molecular formula is C11H12N2S. The first-order chi connectivity index (χ1) is 6.84. The van der Waals surface area contributed by atoms with Gasteiger partial charge in [-0.2, -0.15) is 0 Å². The van der Waals surface area contributed by atoms with Crippen LogP contribution < -0.4 is 5.32 Å². The minimum Gasteiger partial charge on any atom is -0.365 e. The summed E-state index contributed by atoms with van der Waals surface area (Å²) in [7, 11) is 0. The third kappa shape index (κ3) is 2.33. The summed E-state index contributed by atoms with van der Waals surface area (Å²) in [5, 5.41) is 5.37. The highest BCUT2D eigenvalue weighted by Gasteiger charge is 1.95.